The summed E-state index contributed by atoms with van der Waals surface area (Å²) >= 11 is 0. The zero-order chi connectivity index (χ0) is 21.8. The van der Waals surface area contributed by atoms with Crippen LogP contribution in [0, 0.1) is 20.8 Å². The number of piperazine rings is 1. The highest BCUT2D eigenvalue weighted by Crippen LogP contribution is 2.19. The highest BCUT2D eigenvalue weighted by atomic mass is 16.2. The minimum Gasteiger partial charge on any atom is -0.331 e. The molecular weight excluding hydrogens is 384 g/mol. The molecule has 5 heteroatoms. The molecule has 31 heavy (non-hydrogen) atoms. The molecule has 0 aliphatic carbocycles. The maximum atomic E-state index is 12.9. The molecule has 1 amide bonds. The van der Waals surface area contributed by atoms with Crippen molar-refractivity contribution in [2.24, 2.45) is 0 Å². The Morgan fingerprint density at radius 2 is 1.65 bits per heavy atom. The van der Waals surface area contributed by atoms with Crippen molar-refractivity contribution in [1.82, 2.24) is 14.7 Å². The predicted molar refractivity (Wildman–Crippen MR) is 124 cm³/mol. The van der Waals surface area contributed by atoms with Gasteiger partial charge in [0.2, 0.25) is 5.91 Å². The SMILES string of the molecule is Cc1ccccc1C[NH+]1CCN(C(=O)CCc2c(C)nn(-c3ccccc3)c2C)CC1. The number of amides is 1. The van der Waals surface area contributed by atoms with E-state index in [1.54, 1.807) is 4.90 Å². The summed E-state index contributed by atoms with van der Waals surface area (Å²) in [7, 11) is 0. The number of aromatic nitrogens is 2. The molecule has 0 atom stereocenters. The van der Waals surface area contributed by atoms with Crippen molar-refractivity contribution in [2.75, 3.05) is 26.2 Å². The molecule has 162 valence electrons. The first-order valence-corrected chi connectivity index (χ1v) is 11.3. The standard InChI is InChI=1S/C26H32N4O/c1-20-9-7-8-10-23(20)19-28-15-17-29(18-16-28)26(31)14-13-25-21(2)27-30(22(25)3)24-11-5-4-6-12-24/h4-12H,13-19H2,1-3H3/p+1. The number of benzene rings is 2. The molecular formula is C26H33N4O+. The van der Waals surface area contributed by atoms with Crippen LogP contribution in [0.3, 0.4) is 0 Å². The lowest BCUT2D eigenvalue weighted by Crippen LogP contribution is -3.13. The first-order valence-electron chi connectivity index (χ1n) is 11.3. The monoisotopic (exact) mass is 417 g/mol. The van der Waals surface area contributed by atoms with Crippen LogP contribution in [0.2, 0.25) is 0 Å². The summed E-state index contributed by atoms with van der Waals surface area (Å²) in [5, 5.41) is 4.72. The van der Waals surface area contributed by atoms with Gasteiger partial charge < -0.3 is 9.80 Å². The van der Waals surface area contributed by atoms with Crippen LogP contribution < -0.4 is 4.90 Å². The van der Waals surface area contributed by atoms with Gasteiger partial charge >= 0.3 is 0 Å². The van der Waals surface area contributed by atoms with E-state index in [0.29, 0.717) is 6.42 Å². The van der Waals surface area contributed by atoms with Crippen LogP contribution in [0.25, 0.3) is 5.69 Å². The Morgan fingerprint density at radius 3 is 2.35 bits per heavy atom. The number of para-hydroxylation sites is 1. The molecule has 1 aromatic heterocycles. The van der Waals surface area contributed by atoms with E-state index in [2.05, 4.69) is 50.2 Å². The predicted octanol–water partition coefficient (Wildman–Crippen LogP) is 2.66. The number of rotatable bonds is 6. The van der Waals surface area contributed by atoms with Gasteiger partial charge in [0.25, 0.3) is 0 Å². The van der Waals surface area contributed by atoms with E-state index in [9.17, 15) is 4.79 Å². The van der Waals surface area contributed by atoms with Crippen molar-refractivity contribution in [3.05, 3.63) is 82.7 Å². The third kappa shape index (κ3) is 4.88. The second-order valence-corrected chi connectivity index (χ2v) is 8.63. The van der Waals surface area contributed by atoms with Crippen LogP contribution >= 0.6 is 0 Å². The van der Waals surface area contributed by atoms with E-state index in [-0.39, 0.29) is 5.91 Å². The van der Waals surface area contributed by atoms with Crippen molar-refractivity contribution in [3.63, 3.8) is 0 Å². The molecule has 1 fully saturated rings. The van der Waals surface area contributed by atoms with Crippen LogP contribution in [0.15, 0.2) is 54.6 Å². The largest absolute Gasteiger partial charge is 0.331 e. The minimum atomic E-state index is 0.265. The van der Waals surface area contributed by atoms with E-state index in [4.69, 9.17) is 5.10 Å². The fourth-order valence-electron chi connectivity index (χ4n) is 4.57. The summed E-state index contributed by atoms with van der Waals surface area (Å²) in [5.74, 6) is 0.265. The normalized spacial score (nSPS) is 14.7. The maximum absolute atomic E-state index is 12.9. The first kappa shape index (κ1) is 21.3. The lowest BCUT2D eigenvalue weighted by atomic mass is 10.1. The quantitative estimate of drug-likeness (QED) is 0.670. The summed E-state index contributed by atoms with van der Waals surface area (Å²) < 4.78 is 1.99. The van der Waals surface area contributed by atoms with Gasteiger partial charge in [0.15, 0.2) is 0 Å². The van der Waals surface area contributed by atoms with Gasteiger partial charge in [-0.15, -0.1) is 0 Å². The molecule has 1 aliphatic heterocycles. The molecule has 4 rings (SSSR count). The number of hydrogen-bond acceptors (Lipinski definition) is 2. The van der Waals surface area contributed by atoms with Crippen molar-refractivity contribution < 1.29 is 9.69 Å². The van der Waals surface area contributed by atoms with Crippen LogP contribution in [-0.2, 0) is 17.8 Å². The van der Waals surface area contributed by atoms with Crippen molar-refractivity contribution in [2.45, 2.75) is 40.2 Å². The molecule has 1 saturated heterocycles. The highest BCUT2D eigenvalue weighted by Gasteiger charge is 2.24. The van der Waals surface area contributed by atoms with E-state index in [1.807, 2.05) is 34.7 Å². The second kappa shape index (κ2) is 9.48. The third-order valence-corrected chi connectivity index (χ3v) is 6.56. The minimum absolute atomic E-state index is 0.265. The van der Waals surface area contributed by atoms with Gasteiger partial charge in [-0.2, -0.15) is 5.10 Å². The van der Waals surface area contributed by atoms with E-state index in [0.717, 1.165) is 56.2 Å². The molecule has 0 spiro atoms. The van der Waals surface area contributed by atoms with Gasteiger partial charge in [-0.25, -0.2) is 4.68 Å². The Labute approximate surface area is 185 Å². The average Bonchev–Trinajstić information content (AvgIpc) is 3.08. The number of nitrogens with zero attached hydrogens (tertiary/aromatic N) is 3. The molecule has 0 radical (unpaired) electrons. The number of quaternary nitrogens is 1. The van der Waals surface area contributed by atoms with E-state index in [1.165, 1.54) is 16.7 Å². The van der Waals surface area contributed by atoms with E-state index < -0.39 is 0 Å². The van der Waals surface area contributed by atoms with Crippen molar-refractivity contribution >= 4 is 5.91 Å². The van der Waals surface area contributed by atoms with Gasteiger partial charge in [0.1, 0.15) is 6.54 Å². The van der Waals surface area contributed by atoms with Gasteiger partial charge in [-0.05, 0) is 50.5 Å². The number of aryl methyl sites for hydroxylation is 2. The molecule has 2 aromatic carbocycles. The van der Waals surface area contributed by atoms with Crippen molar-refractivity contribution in [3.8, 4) is 5.69 Å². The zero-order valence-corrected chi connectivity index (χ0v) is 18.9. The van der Waals surface area contributed by atoms with Gasteiger partial charge in [-0.3, -0.25) is 4.79 Å². The smallest absolute Gasteiger partial charge is 0.223 e. The molecule has 3 aromatic rings. The number of carbonyl (C=O) groups is 1. The Hall–Kier alpha value is -2.92. The highest BCUT2D eigenvalue weighted by molar-refractivity contribution is 5.76. The Balaban J connectivity index is 1.31. The first-order chi connectivity index (χ1) is 15.0. The molecule has 1 aliphatic rings. The van der Waals surface area contributed by atoms with Gasteiger partial charge in [-0.1, -0.05) is 42.5 Å². The molecule has 5 nitrogen and oxygen atoms in total. The summed E-state index contributed by atoms with van der Waals surface area (Å²) in [6.45, 7) is 11.1. The summed E-state index contributed by atoms with van der Waals surface area (Å²) in [5.41, 5.74) is 7.18. The zero-order valence-electron chi connectivity index (χ0n) is 18.9. The van der Waals surface area contributed by atoms with Crippen LogP contribution in [0.1, 0.15) is 34.5 Å². The number of nitrogens with one attached hydrogen (secondary N) is 1. The van der Waals surface area contributed by atoms with Crippen LogP contribution in [0.5, 0.6) is 0 Å². The van der Waals surface area contributed by atoms with Crippen LogP contribution in [-0.4, -0.2) is 46.8 Å². The lowest BCUT2D eigenvalue weighted by Gasteiger charge is -2.32. The summed E-state index contributed by atoms with van der Waals surface area (Å²) in [6, 6.07) is 18.8. The van der Waals surface area contributed by atoms with Gasteiger partial charge in [0, 0.05) is 17.7 Å². The van der Waals surface area contributed by atoms with Crippen LogP contribution in [0.4, 0.5) is 0 Å². The number of hydrogen-bond donors (Lipinski definition) is 1. The maximum Gasteiger partial charge on any atom is 0.223 e. The second-order valence-electron chi connectivity index (χ2n) is 8.63. The molecule has 1 N–H and O–H groups in total. The van der Waals surface area contributed by atoms with Gasteiger partial charge in [0.05, 0.1) is 37.6 Å². The molecule has 0 bridgehead atoms. The fourth-order valence-corrected chi connectivity index (χ4v) is 4.57. The van der Waals surface area contributed by atoms with Crippen molar-refractivity contribution in [1.29, 1.82) is 0 Å². The molecule has 0 saturated carbocycles. The molecule has 0 unspecified atom stereocenters. The third-order valence-electron chi connectivity index (χ3n) is 6.56. The Kier molecular flexibility index (Phi) is 6.52. The molecule has 2 heterocycles. The Morgan fingerprint density at radius 1 is 0.968 bits per heavy atom. The Bertz CT molecular complexity index is 1030. The summed E-state index contributed by atoms with van der Waals surface area (Å²) in [6.07, 6.45) is 1.30. The summed E-state index contributed by atoms with van der Waals surface area (Å²) in [4.78, 5) is 16.5. The van der Waals surface area contributed by atoms with E-state index >= 15 is 0 Å². The lowest BCUT2D eigenvalue weighted by molar-refractivity contribution is -0.917. The average molecular weight is 418 g/mol. The number of carbonyl (C=O) groups excluding carboxylic acids is 1. The topological polar surface area (TPSA) is 42.6 Å². The fraction of sp³-hybridized carbons (Fsp3) is 0.385.